The number of benzene rings is 1. The van der Waals surface area contributed by atoms with Crippen molar-refractivity contribution in [2.75, 3.05) is 19.8 Å². The Morgan fingerprint density at radius 2 is 1.39 bits per heavy atom. The third-order valence-corrected chi connectivity index (χ3v) is 4.80. The Balaban J connectivity index is 2.43. The highest BCUT2D eigenvalue weighted by molar-refractivity contribution is 7.13. The Labute approximate surface area is 167 Å². The van der Waals surface area contributed by atoms with Crippen molar-refractivity contribution in [3.05, 3.63) is 41.4 Å². The van der Waals surface area contributed by atoms with Crippen molar-refractivity contribution in [1.29, 1.82) is 0 Å². The monoisotopic (exact) mass is 405 g/mol. The minimum Gasteiger partial charge on any atom is -0.465 e. The van der Waals surface area contributed by atoms with E-state index in [0.717, 1.165) is 10.6 Å². The lowest BCUT2D eigenvalue weighted by atomic mass is 9.81. The number of hydrogen-bond acceptors (Lipinski definition) is 8. The lowest BCUT2D eigenvalue weighted by Crippen LogP contribution is -2.51. The van der Waals surface area contributed by atoms with Crippen LogP contribution < -0.4 is 0 Å². The molecule has 2 aromatic rings. The fourth-order valence-corrected chi connectivity index (χ4v) is 3.31. The zero-order valence-corrected chi connectivity index (χ0v) is 16.9. The van der Waals surface area contributed by atoms with E-state index in [0.29, 0.717) is 5.56 Å². The molecule has 0 unspecified atom stereocenters. The molecule has 28 heavy (non-hydrogen) atoms. The number of ether oxygens (including phenoxy) is 3. The third kappa shape index (κ3) is 4.56. The summed E-state index contributed by atoms with van der Waals surface area (Å²) < 4.78 is 15.1. The zero-order valence-electron chi connectivity index (χ0n) is 16.1. The predicted octanol–water partition coefficient (Wildman–Crippen LogP) is 3.03. The second-order valence-corrected chi connectivity index (χ2v) is 6.67. The molecule has 0 spiro atoms. The molecule has 1 aromatic carbocycles. The van der Waals surface area contributed by atoms with Crippen molar-refractivity contribution in [3.8, 4) is 10.6 Å². The van der Waals surface area contributed by atoms with Crippen molar-refractivity contribution in [3.63, 3.8) is 0 Å². The summed E-state index contributed by atoms with van der Waals surface area (Å²) in [5.74, 6) is -2.93. The Morgan fingerprint density at radius 3 is 1.79 bits per heavy atom. The Bertz CT molecular complexity index is 755. The van der Waals surface area contributed by atoms with Crippen molar-refractivity contribution in [2.45, 2.75) is 27.2 Å². The maximum Gasteiger partial charge on any atom is 0.335 e. The van der Waals surface area contributed by atoms with Gasteiger partial charge in [0.1, 0.15) is 5.01 Å². The van der Waals surface area contributed by atoms with Crippen molar-refractivity contribution >= 4 is 29.2 Å². The molecule has 0 aliphatic heterocycles. The summed E-state index contributed by atoms with van der Waals surface area (Å²) in [6, 6.07) is 7.12. The lowest BCUT2D eigenvalue weighted by Gasteiger charge is -2.27. The molecule has 0 bridgehead atoms. The van der Waals surface area contributed by atoms with Gasteiger partial charge in [-0.05, 0) is 26.3 Å². The van der Waals surface area contributed by atoms with Gasteiger partial charge in [-0.3, -0.25) is 14.4 Å². The van der Waals surface area contributed by atoms with Gasteiger partial charge in [-0.25, -0.2) is 4.98 Å². The summed E-state index contributed by atoms with van der Waals surface area (Å²) in [4.78, 5) is 42.4. The molecule has 1 heterocycles. The fourth-order valence-electron chi connectivity index (χ4n) is 2.67. The molecule has 0 atom stereocenters. The van der Waals surface area contributed by atoms with Gasteiger partial charge in [-0.15, -0.1) is 11.3 Å². The van der Waals surface area contributed by atoms with E-state index in [1.54, 1.807) is 39.1 Å². The van der Waals surface area contributed by atoms with Gasteiger partial charge in [-0.1, -0.05) is 24.3 Å². The average molecular weight is 405 g/mol. The maximum atomic E-state index is 12.7. The Hall–Kier alpha value is -2.74. The van der Waals surface area contributed by atoms with E-state index >= 15 is 0 Å². The third-order valence-electron chi connectivity index (χ3n) is 3.97. The molecular formula is C20H23NO6S. The van der Waals surface area contributed by atoms with Crippen molar-refractivity contribution in [1.82, 2.24) is 4.98 Å². The zero-order chi connectivity index (χ0) is 20.6. The summed E-state index contributed by atoms with van der Waals surface area (Å²) in [6.07, 6.45) is 1.49. The van der Waals surface area contributed by atoms with Crippen LogP contribution in [0.25, 0.3) is 10.6 Å². The van der Waals surface area contributed by atoms with Crippen LogP contribution in [0.2, 0.25) is 0 Å². The van der Waals surface area contributed by atoms with Gasteiger partial charge in [0.05, 0.1) is 19.8 Å². The first kappa shape index (κ1) is 21.6. The smallest absolute Gasteiger partial charge is 0.335 e. The first-order valence-corrected chi connectivity index (χ1v) is 9.88. The molecule has 0 amide bonds. The maximum absolute atomic E-state index is 12.7. The number of rotatable bonds is 9. The molecule has 0 saturated carbocycles. The van der Waals surface area contributed by atoms with E-state index in [2.05, 4.69) is 4.98 Å². The minimum atomic E-state index is -2.20. The number of carbonyl (C=O) groups is 3. The summed E-state index contributed by atoms with van der Waals surface area (Å²) in [5.41, 5.74) is -0.715. The number of esters is 3. The van der Waals surface area contributed by atoms with E-state index in [1.807, 2.05) is 17.5 Å². The highest BCUT2D eigenvalue weighted by Gasteiger charge is 2.57. The summed E-state index contributed by atoms with van der Waals surface area (Å²) >= 11 is 1.50. The van der Waals surface area contributed by atoms with Crippen LogP contribution in [0.3, 0.4) is 0 Å². The second kappa shape index (κ2) is 9.98. The molecular weight excluding hydrogens is 382 g/mol. The Morgan fingerprint density at radius 1 is 0.893 bits per heavy atom. The topological polar surface area (TPSA) is 91.8 Å². The fraction of sp³-hybridized carbons (Fsp3) is 0.400. The van der Waals surface area contributed by atoms with Crippen LogP contribution in [0.15, 0.2) is 35.8 Å². The van der Waals surface area contributed by atoms with E-state index in [-0.39, 0.29) is 26.2 Å². The number of carbonyl (C=O) groups excluding carboxylic acids is 3. The standard InChI is InChI=1S/C20H23NO6S/c1-4-25-17(22)20(18(23)26-5-2,19(24)27-6-3)13-14-7-9-15(10-8-14)16-21-11-12-28-16/h7-12H,4-6,13H2,1-3H3. The van der Waals surface area contributed by atoms with Gasteiger partial charge in [0.25, 0.3) is 5.41 Å². The molecule has 0 N–H and O–H groups in total. The van der Waals surface area contributed by atoms with Gasteiger partial charge >= 0.3 is 17.9 Å². The van der Waals surface area contributed by atoms with Gasteiger partial charge < -0.3 is 14.2 Å². The van der Waals surface area contributed by atoms with Crippen molar-refractivity contribution in [2.24, 2.45) is 5.41 Å². The lowest BCUT2D eigenvalue weighted by molar-refractivity contribution is -0.183. The van der Waals surface area contributed by atoms with Crippen LogP contribution in [0, 0.1) is 5.41 Å². The summed E-state index contributed by atoms with van der Waals surface area (Å²) in [6.45, 7) is 4.85. The van der Waals surface area contributed by atoms with Crippen molar-refractivity contribution < 1.29 is 28.6 Å². The van der Waals surface area contributed by atoms with Gasteiger partial charge in [0, 0.05) is 23.6 Å². The molecule has 0 saturated heterocycles. The van der Waals surface area contributed by atoms with Crippen LogP contribution in [-0.2, 0) is 35.0 Å². The quantitative estimate of drug-likeness (QED) is 0.360. The SMILES string of the molecule is CCOC(=O)C(Cc1ccc(-c2nccs2)cc1)(C(=O)OCC)C(=O)OCC. The molecule has 0 radical (unpaired) electrons. The van der Waals surface area contributed by atoms with Gasteiger partial charge in [0.2, 0.25) is 0 Å². The van der Waals surface area contributed by atoms with E-state index < -0.39 is 23.3 Å². The summed E-state index contributed by atoms with van der Waals surface area (Å²) in [7, 11) is 0. The highest BCUT2D eigenvalue weighted by atomic mass is 32.1. The second-order valence-electron chi connectivity index (χ2n) is 5.78. The molecule has 2 rings (SSSR count). The van der Waals surface area contributed by atoms with Crippen LogP contribution in [0.1, 0.15) is 26.3 Å². The first-order valence-electron chi connectivity index (χ1n) is 9.00. The molecule has 150 valence electrons. The van der Waals surface area contributed by atoms with E-state index in [9.17, 15) is 14.4 Å². The highest BCUT2D eigenvalue weighted by Crippen LogP contribution is 2.31. The normalized spacial score (nSPS) is 11.0. The number of nitrogens with zero attached hydrogens (tertiary/aromatic N) is 1. The average Bonchev–Trinajstić information content (AvgIpc) is 3.21. The Kier molecular flexibility index (Phi) is 7.69. The van der Waals surface area contributed by atoms with Crippen LogP contribution >= 0.6 is 11.3 Å². The number of thiazole rings is 1. The van der Waals surface area contributed by atoms with Gasteiger partial charge in [-0.2, -0.15) is 0 Å². The summed E-state index contributed by atoms with van der Waals surface area (Å²) in [5, 5.41) is 2.72. The first-order chi connectivity index (χ1) is 13.5. The molecule has 0 aliphatic rings. The predicted molar refractivity (Wildman–Crippen MR) is 104 cm³/mol. The van der Waals surface area contributed by atoms with E-state index in [1.165, 1.54) is 11.3 Å². The van der Waals surface area contributed by atoms with Gasteiger partial charge in [0.15, 0.2) is 0 Å². The van der Waals surface area contributed by atoms with Crippen LogP contribution in [0.5, 0.6) is 0 Å². The van der Waals surface area contributed by atoms with Crippen LogP contribution in [-0.4, -0.2) is 42.7 Å². The van der Waals surface area contributed by atoms with E-state index in [4.69, 9.17) is 14.2 Å². The molecule has 0 aliphatic carbocycles. The number of hydrogen-bond donors (Lipinski definition) is 0. The molecule has 8 heteroatoms. The largest absolute Gasteiger partial charge is 0.465 e. The molecule has 7 nitrogen and oxygen atoms in total. The minimum absolute atomic E-state index is 0.0162. The van der Waals surface area contributed by atoms with Crippen LogP contribution in [0.4, 0.5) is 0 Å². The number of aromatic nitrogens is 1. The molecule has 1 aromatic heterocycles. The molecule has 0 fully saturated rings.